The Morgan fingerprint density at radius 1 is 1.37 bits per heavy atom. The summed E-state index contributed by atoms with van der Waals surface area (Å²) < 4.78 is 0. The van der Waals surface area contributed by atoms with E-state index in [-0.39, 0.29) is 6.10 Å². The summed E-state index contributed by atoms with van der Waals surface area (Å²) in [5.41, 5.74) is 3.89. The van der Waals surface area contributed by atoms with E-state index in [0.717, 1.165) is 32.5 Å². The second kappa shape index (κ2) is 8.18. The number of rotatable bonds is 8. The molecule has 0 aromatic heterocycles. The van der Waals surface area contributed by atoms with Crippen molar-refractivity contribution in [2.75, 3.05) is 25.0 Å². The molecule has 0 spiro atoms. The van der Waals surface area contributed by atoms with Crippen LogP contribution in [0.4, 0.5) is 5.69 Å². The third-order valence-corrected chi connectivity index (χ3v) is 3.27. The fraction of sp³-hybridized carbons (Fsp3) is 0.625. The standard InChI is InChI=1S/C16H28N2O/c1-5-9-17-12-15-11-13(2)6-7-16(15)18(4)10-8-14(3)19/h6-7,11,14,17,19H,5,8-10,12H2,1-4H3. The van der Waals surface area contributed by atoms with Crippen molar-refractivity contribution in [3.63, 3.8) is 0 Å². The number of nitrogens with zero attached hydrogens (tertiary/aromatic N) is 1. The third-order valence-electron chi connectivity index (χ3n) is 3.27. The third kappa shape index (κ3) is 5.62. The molecule has 1 atom stereocenters. The molecule has 0 heterocycles. The Kier molecular flexibility index (Phi) is 6.89. The lowest BCUT2D eigenvalue weighted by atomic mass is 10.1. The molecule has 0 amide bonds. The molecule has 0 saturated carbocycles. The molecule has 0 aliphatic carbocycles. The molecule has 1 unspecified atom stereocenters. The maximum absolute atomic E-state index is 9.40. The van der Waals surface area contributed by atoms with Gasteiger partial charge in [0.05, 0.1) is 6.10 Å². The van der Waals surface area contributed by atoms with Crippen LogP contribution in [0.1, 0.15) is 37.8 Å². The van der Waals surface area contributed by atoms with Crippen LogP contribution in [-0.4, -0.2) is 31.3 Å². The molecule has 3 nitrogen and oxygen atoms in total. The Labute approximate surface area is 117 Å². The zero-order valence-electron chi connectivity index (χ0n) is 12.7. The minimum absolute atomic E-state index is 0.241. The Morgan fingerprint density at radius 2 is 2.11 bits per heavy atom. The summed E-state index contributed by atoms with van der Waals surface area (Å²) in [5, 5.41) is 12.9. The molecule has 0 aliphatic heterocycles. The second-order valence-electron chi connectivity index (χ2n) is 5.37. The van der Waals surface area contributed by atoms with Crippen LogP contribution >= 0.6 is 0 Å². The molecule has 0 fully saturated rings. The van der Waals surface area contributed by atoms with Gasteiger partial charge in [0.15, 0.2) is 0 Å². The summed E-state index contributed by atoms with van der Waals surface area (Å²) >= 11 is 0. The van der Waals surface area contributed by atoms with Gasteiger partial charge in [-0.1, -0.05) is 24.6 Å². The van der Waals surface area contributed by atoms with Gasteiger partial charge in [-0.25, -0.2) is 0 Å². The summed E-state index contributed by atoms with van der Waals surface area (Å²) in [6, 6.07) is 6.58. The minimum Gasteiger partial charge on any atom is -0.393 e. The predicted molar refractivity (Wildman–Crippen MR) is 82.7 cm³/mol. The molecule has 0 saturated heterocycles. The van der Waals surface area contributed by atoms with Crippen molar-refractivity contribution in [1.29, 1.82) is 0 Å². The first kappa shape index (κ1) is 16.0. The molecule has 2 N–H and O–H groups in total. The number of aryl methyl sites for hydroxylation is 1. The highest BCUT2D eigenvalue weighted by atomic mass is 16.3. The molecule has 1 aromatic rings. The number of anilines is 1. The summed E-state index contributed by atoms with van der Waals surface area (Å²) in [4.78, 5) is 2.23. The minimum atomic E-state index is -0.241. The van der Waals surface area contributed by atoms with Crippen LogP contribution in [0.25, 0.3) is 0 Å². The molecule has 3 heteroatoms. The number of benzene rings is 1. The predicted octanol–water partition coefficient (Wildman–Crippen LogP) is 2.70. The second-order valence-corrected chi connectivity index (χ2v) is 5.37. The fourth-order valence-electron chi connectivity index (χ4n) is 2.13. The number of hydrogen-bond donors (Lipinski definition) is 2. The zero-order valence-corrected chi connectivity index (χ0v) is 12.7. The molecule has 19 heavy (non-hydrogen) atoms. The first-order valence-corrected chi connectivity index (χ1v) is 7.24. The molecule has 0 aliphatic rings. The Bertz CT molecular complexity index is 377. The van der Waals surface area contributed by atoms with Gasteiger partial charge in [0, 0.05) is 25.8 Å². The first-order valence-electron chi connectivity index (χ1n) is 7.24. The van der Waals surface area contributed by atoms with Gasteiger partial charge in [-0.05, 0) is 44.9 Å². The van der Waals surface area contributed by atoms with Gasteiger partial charge in [0.2, 0.25) is 0 Å². The zero-order chi connectivity index (χ0) is 14.3. The van der Waals surface area contributed by atoms with Crippen LogP contribution < -0.4 is 10.2 Å². The van der Waals surface area contributed by atoms with Crippen molar-refractivity contribution in [2.45, 2.75) is 46.3 Å². The summed E-state index contributed by atoms with van der Waals surface area (Å²) in [6.07, 6.45) is 1.71. The normalized spacial score (nSPS) is 12.5. The van der Waals surface area contributed by atoms with Gasteiger partial charge >= 0.3 is 0 Å². The monoisotopic (exact) mass is 264 g/mol. The van der Waals surface area contributed by atoms with E-state index in [2.05, 4.69) is 49.3 Å². The molecular weight excluding hydrogens is 236 g/mol. The maximum Gasteiger partial charge on any atom is 0.0528 e. The van der Waals surface area contributed by atoms with Crippen molar-refractivity contribution < 1.29 is 5.11 Å². The molecule has 0 radical (unpaired) electrons. The SMILES string of the molecule is CCCNCc1cc(C)ccc1N(C)CCC(C)O. The molecule has 0 bridgehead atoms. The van der Waals surface area contributed by atoms with Crippen LogP contribution in [0.5, 0.6) is 0 Å². The quantitative estimate of drug-likeness (QED) is 0.709. The highest BCUT2D eigenvalue weighted by molar-refractivity contribution is 5.54. The first-order chi connectivity index (χ1) is 9.04. The lowest BCUT2D eigenvalue weighted by Crippen LogP contribution is -2.24. The molecular formula is C16H28N2O. The Hall–Kier alpha value is -1.06. The lowest BCUT2D eigenvalue weighted by Gasteiger charge is -2.24. The van der Waals surface area contributed by atoms with E-state index in [1.54, 1.807) is 0 Å². The van der Waals surface area contributed by atoms with Crippen LogP contribution in [0.2, 0.25) is 0 Å². The van der Waals surface area contributed by atoms with Crippen molar-refractivity contribution in [3.05, 3.63) is 29.3 Å². The maximum atomic E-state index is 9.40. The van der Waals surface area contributed by atoms with Crippen molar-refractivity contribution in [3.8, 4) is 0 Å². The summed E-state index contributed by atoms with van der Waals surface area (Å²) in [7, 11) is 2.09. The summed E-state index contributed by atoms with van der Waals surface area (Å²) in [5.74, 6) is 0. The van der Waals surface area contributed by atoms with Crippen LogP contribution in [-0.2, 0) is 6.54 Å². The highest BCUT2D eigenvalue weighted by Crippen LogP contribution is 2.21. The van der Waals surface area contributed by atoms with E-state index in [1.807, 2.05) is 6.92 Å². The van der Waals surface area contributed by atoms with Crippen molar-refractivity contribution >= 4 is 5.69 Å². The summed E-state index contributed by atoms with van der Waals surface area (Å²) in [6.45, 7) is 8.98. The average Bonchev–Trinajstić information content (AvgIpc) is 2.36. The largest absolute Gasteiger partial charge is 0.393 e. The fourth-order valence-corrected chi connectivity index (χ4v) is 2.13. The molecule has 1 rings (SSSR count). The topological polar surface area (TPSA) is 35.5 Å². The number of hydrogen-bond acceptors (Lipinski definition) is 3. The van der Waals surface area contributed by atoms with Gasteiger partial charge in [-0.2, -0.15) is 0 Å². The highest BCUT2D eigenvalue weighted by Gasteiger charge is 2.08. The van der Waals surface area contributed by atoms with Crippen molar-refractivity contribution in [2.24, 2.45) is 0 Å². The number of aliphatic hydroxyl groups is 1. The van der Waals surface area contributed by atoms with Crippen molar-refractivity contribution in [1.82, 2.24) is 5.32 Å². The number of nitrogens with one attached hydrogen (secondary N) is 1. The smallest absolute Gasteiger partial charge is 0.0528 e. The van der Waals surface area contributed by atoms with E-state index >= 15 is 0 Å². The molecule has 1 aromatic carbocycles. The van der Waals surface area contributed by atoms with E-state index < -0.39 is 0 Å². The lowest BCUT2D eigenvalue weighted by molar-refractivity contribution is 0.187. The van der Waals surface area contributed by atoms with Crippen LogP contribution in [0.15, 0.2) is 18.2 Å². The van der Waals surface area contributed by atoms with E-state index in [4.69, 9.17) is 0 Å². The molecule has 108 valence electrons. The van der Waals surface area contributed by atoms with E-state index in [1.165, 1.54) is 16.8 Å². The van der Waals surface area contributed by atoms with Crippen LogP contribution in [0, 0.1) is 6.92 Å². The van der Waals surface area contributed by atoms with Gasteiger partial charge < -0.3 is 15.3 Å². The van der Waals surface area contributed by atoms with Gasteiger partial charge in [0.25, 0.3) is 0 Å². The van der Waals surface area contributed by atoms with Crippen LogP contribution in [0.3, 0.4) is 0 Å². The average molecular weight is 264 g/mol. The number of aliphatic hydroxyl groups excluding tert-OH is 1. The Morgan fingerprint density at radius 3 is 2.74 bits per heavy atom. The van der Waals surface area contributed by atoms with Gasteiger partial charge in [-0.3, -0.25) is 0 Å². The Balaban J connectivity index is 2.74. The van der Waals surface area contributed by atoms with Gasteiger partial charge in [-0.15, -0.1) is 0 Å². The van der Waals surface area contributed by atoms with E-state index in [9.17, 15) is 5.11 Å². The van der Waals surface area contributed by atoms with E-state index in [0.29, 0.717) is 0 Å². The van der Waals surface area contributed by atoms with Gasteiger partial charge in [0.1, 0.15) is 0 Å².